The Morgan fingerprint density at radius 3 is 1.67 bits per heavy atom. The zero-order chi connectivity index (χ0) is 13.5. The molecule has 0 radical (unpaired) electrons. The van der Waals surface area contributed by atoms with Gasteiger partial charge in [0.2, 0.25) is 0 Å². The fourth-order valence-corrected chi connectivity index (χ4v) is 1.15. The Labute approximate surface area is 104 Å². The van der Waals surface area contributed by atoms with Gasteiger partial charge in [0.25, 0.3) is 0 Å². The number of aromatic hydroxyl groups is 1. The minimum absolute atomic E-state index is 0.0671. The Hall–Kier alpha value is -2.69. The number of carbonyl (C=O) groups is 1. The van der Waals surface area contributed by atoms with Crippen LogP contribution < -0.4 is 11.5 Å². The number of aromatic carboxylic acids is 1. The maximum atomic E-state index is 10.3. The number of benzene rings is 2. The van der Waals surface area contributed by atoms with Crippen molar-refractivity contribution in [2.24, 2.45) is 0 Å². The van der Waals surface area contributed by atoms with Crippen LogP contribution >= 0.6 is 0 Å². The molecule has 0 bridgehead atoms. The van der Waals surface area contributed by atoms with Gasteiger partial charge in [0, 0.05) is 11.4 Å². The van der Waals surface area contributed by atoms with Crippen molar-refractivity contribution >= 4 is 17.3 Å². The van der Waals surface area contributed by atoms with Gasteiger partial charge in [-0.1, -0.05) is 12.1 Å². The summed E-state index contributed by atoms with van der Waals surface area (Å²) in [4.78, 5) is 10.3. The van der Waals surface area contributed by atoms with Crippen LogP contribution in [0, 0.1) is 0 Å². The molecule has 0 unspecified atom stereocenters. The average molecular weight is 246 g/mol. The first kappa shape index (κ1) is 13.4. The molecule has 5 nitrogen and oxygen atoms in total. The lowest BCUT2D eigenvalue weighted by Crippen LogP contribution is -1.95. The first-order valence-electron chi connectivity index (χ1n) is 5.13. The van der Waals surface area contributed by atoms with Gasteiger partial charge < -0.3 is 21.7 Å². The standard InChI is InChI=1S/C7H6O3.C6H8N2/c8-6-4-2-1-3-5(6)7(9)10;7-5-1-2-6(8)4-3-5/h1-4,8H,(H,9,10);1-4H,7-8H2. The van der Waals surface area contributed by atoms with Crippen molar-refractivity contribution in [3.63, 3.8) is 0 Å². The van der Waals surface area contributed by atoms with Crippen molar-refractivity contribution in [1.29, 1.82) is 0 Å². The van der Waals surface area contributed by atoms with Gasteiger partial charge in [-0.2, -0.15) is 0 Å². The molecule has 0 fully saturated rings. The molecule has 0 atom stereocenters. The van der Waals surface area contributed by atoms with Gasteiger partial charge in [-0.3, -0.25) is 0 Å². The molecule has 0 aromatic heterocycles. The lowest BCUT2D eigenvalue weighted by Gasteiger charge is -1.95. The van der Waals surface area contributed by atoms with E-state index in [-0.39, 0.29) is 11.3 Å². The summed E-state index contributed by atoms with van der Waals surface area (Å²) in [5.74, 6) is -1.31. The van der Waals surface area contributed by atoms with Gasteiger partial charge in [0.05, 0.1) is 0 Å². The molecular weight excluding hydrogens is 232 g/mol. The number of nitrogens with two attached hydrogens (primary N) is 2. The molecule has 0 heterocycles. The van der Waals surface area contributed by atoms with Crippen LogP contribution in [-0.2, 0) is 0 Å². The van der Waals surface area contributed by atoms with E-state index < -0.39 is 5.97 Å². The highest BCUT2D eigenvalue weighted by Crippen LogP contribution is 2.14. The van der Waals surface area contributed by atoms with Crippen molar-refractivity contribution in [3.05, 3.63) is 54.1 Å². The summed E-state index contributed by atoms with van der Waals surface area (Å²) in [5.41, 5.74) is 12.2. The molecule has 0 saturated carbocycles. The number of para-hydroxylation sites is 1. The number of carboxylic acid groups (broad SMARTS) is 1. The Kier molecular flexibility index (Phi) is 4.57. The van der Waals surface area contributed by atoms with E-state index in [2.05, 4.69) is 0 Å². The fraction of sp³-hybridized carbons (Fsp3) is 0. The Balaban J connectivity index is 0.000000184. The molecule has 94 valence electrons. The smallest absolute Gasteiger partial charge is 0.339 e. The van der Waals surface area contributed by atoms with Crippen molar-refractivity contribution in [2.75, 3.05) is 11.5 Å². The lowest BCUT2D eigenvalue weighted by atomic mass is 10.2. The van der Waals surface area contributed by atoms with Crippen LogP contribution in [0.4, 0.5) is 11.4 Å². The van der Waals surface area contributed by atoms with Crippen LogP contribution in [0.1, 0.15) is 10.4 Å². The van der Waals surface area contributed by atoms with Crippen LogP contribution in [-0.4, -0.2) is 16.2 Å². The minimum atomic E-state index is -1.11. The molecule has 6 N–H and O–H groups in total. The molecule has 0 aliphatic rings. The van der Waals surface area contributed by atoms with Crippen LogP contribution in [0.5, 0.6) is 5.75 Å². The topological polar surface area (TPSA) is 110 Å². The van der Waals surface area contributed by atoms with Crippen molar-refractivity contribution in [2.45, 2.75) is 0 Å². The van der Waals surface area contributed by atoms with Crippen LogP contribution in [0.3, 0.4) is 0 Å². The second-order valence-corrected chi connectivity index (χ2v) is 3.49. The number of nitrogen functional groups attached to an aromatic ring is 2. The summed E-state index contributed by atoms with van der Waals surface area (Å²) in [5, 5.41) is 17.3. The summed E-state index contributed by atoms with van der Waals surface area (Å²) < 4.78 is 0. The first-order chi connectivity index (χ1) is 8.50. The monoisotopic (exact) mass is 246 g/mol. The predicted molar refractivity (Wildman–Crippen MR) is 70.3 cm³/mol. The Morgan fingerprint density at radius 2 is 1.33 bits per heavy atom. The van der Waals surface area contributed by atoms with Crippen LogP contribution in [0.2, 0.25) is 0 Å². The van der Waals surface area contributed by atoms with E-state index in [0.29, 0.717) is 0 Å². The number of rotatable bonds is 1. The second-order valence-electron chi connectivity index (χ2n) is 3.49. The van der Waals surface area contributed by atoms with Gasteiger partial charge in [0.1, 0.15) is 11.3 Å². The number of hydrogen-bond donors (Lipinski definition) is 4. The van der Waals surface area contributed by atoms with E-state index in [4.69, 9.17) is 21.7 Å². The first-order valence-corrected chi connectivity index (χ1v) is 5.13. The van der Waals surface area contributed by atoms with Gasteiger partial charge in [-0.05, 0) is 36.4 Å². The van der Waals surface area contributed by atoms with E-state index >= 15 is 0 Å². The van der Waals surface area contributed by atoms with Crippen molar-refractivity contribution in [1.82, 2.24) is 0 Å². The van der Waals surface area contributed by atoms with Crippen LogP contribution in [0.15, 0.2) is 48.5 Å². The zero-order valence-electron chi connectivity index (χ0n) is 9.58. The summed E-state index contributed by atoms with van der Waals surface area (Å²) in [6, 6.07) is 12.9. The third kappa shape index (κ3) is 4.05. The normalized spacial score (nSPS) is 9.11. The largest absolute Gasteiger partial charge is 0.507 e. The maximum Gasteiger partial charge on any atom is 0.339 e. The quantitative estimate of drug-likeness (QED) is 0.575. The van der Waals surface area contributed by atoms with Crippen molar-refractivity contribution in [3.8, 4) is 5.75 Å². The SMILES string of the molecule is Nc1ccc(N)cc1.O=C(O)c1ccccc1O. The highest BCUT2D eigenvalue weighted by atomic mass is 16.4. The number of anilines is 2. The molecule has 0 aliphatic heterocycles. The minimum Gasteiger partial charge on any atom is -0.507 e. The molecular formula is C13H14N2O3. The molecule has 5 heteroatoms. The summed E-state index contributed by atoms with van der Waals surface area (Å²) in [6.45, 7) is 0. The number of phenols is 1. The second kappa shape index (κ2) is 6.15. The molecule has 0 spiro atoms. The zero-order valence-corrected chi connectivity index (χ0v) is 9.58. The summed E-state index contributed by atoms with van der Waals surface area (Å²) in [7, 11) is 0. The van der Waals surface area contributed by atoms with Gasteiger partial charge in [-0.15, -0.1) is 0 Å². The third-order valence-corrected chi connectivity index (χ3v) is 2.07. The molecule has 2 aromatic rings. The highest BCUT2D eigenvalue weighted by molar-refractivity contribution is 5.90. The van der Waals surface area contributed by atoms with Crippen molar-refractivity contribution < 1.29 is 15.0 Å². The van der Waals surface area contributed by atoms with E-state index in [0.717, 1.165) is 11.4 Å². The summed E-state index contributed by atoms with van der Waals surface area (Å²) in [6.07, 6.45) is 0. The van der Waals surface area contributed by atoms with E-state index in [1.165, 1.54) is 12.1 Å². The van der Waals surface area contributed by atoms with E-state index in [9.17, 15) is 4.79 Å². The number of carboxylic acids is 1. The Bertz CT molecular complexity index is 503. The van der Waals surface area contributed by atoms with Crippen LogP contribution in [0.25, 0.3) is 0 Å². The molecule has 2 aromatic carbocycles. The average Bonchev–Trinajstić information content (AvgIpc) is 2.34. The predicted octanol–water partition coefficient (Wildman–Crippen LogP) is 1.94. The third-order valence-electron chi connectivity index (χ3n) is 2.07. The highest BCUT2D eigenvalue weighted by Gasteiger charge is 2.05. The molecule has 2 rings (SSSR count). The summed E-state index contributed by atoms with van der Waals surface area (Å²) >= 11 is 0. The van der Waals surface area contributed by atoms with Gasteiger partial charge >= 0.3 is 5.97 Å². The van der Waals surface area contributed by atoms with Gasteiger partial charge in [0.15, 0.2) is 0 Å². The van der Waals surface area contributed by atoms with E-state index in [1.54, 1.807) is 36.4 Å². The maximum absolute atomic E-state index is 10.3. The molecule has 0 saturated heterocycles. The Morgan fingerprint density at radius 1 is 0.889 bits per heavy atom. The van der Waals surface area contributed by atoms with E-state index in [1.807, 2.05) is 0 Å². The molecule has 0 amide bonds. The molecule has 18 heavy (non-hydrogen) atoms. The number of hydrogen-bond acceptors (Lipinski definition) is 4. The fourth-order valence-electron chi connectivity index (χ4n) is 1.15. The lowest BCUT2D eigenvalue weighted by molar-refractivity contribution is 0.0694. The molecule has 0 aliphatic carbocycles. The van der Waals surface area contributed by atoms with Gasteiger partial charge in [-0.25, -0.2) is 4.79 Å².